The van der Waals surface area contributed by atoms with Crippen molar-refractivity contribution in [2.45, 2.75) is 39.0 Å². The van der Waals surface area contributed by atoms with E-state index < -0.39 is 0 Å². The Bertz CT molecular complexity index is 302. The number of allylic oxidation sites excluding steroid dienone is 1. The molecular weight excluding hydrogens is 179 g/mol. The van der Waals surface area contributed by atoms with Crippen molar-refractivity contribution in [1.82, 2.24) is 0 Å². The van der Waals surface area contributed by atoms with Gasteiger partial charge in [-0.2, -0.15) is 0 Å². The SMILES string of the molecule is [B]c1ccccc1/C=C\CCCCCC. The average molecular weight is 198 g/mol. The molecule has 0 nitrogen and oxygen atoms in total. The molecule has 0 aromatic heterocycles. The van der Waals surface area contributed by atoms with E-state index in [4.69, 9.17) is 7.85 Å². The maximum absolute atomic E-state index is 5.83. The van der Waals surface area contributed by atoms with Crippen molar-refractivity contribution >= 4 is 19.4 Å². The minimum atomic E-state index is 0.863. The molecule has 0 unspecified atom stereocenters. The van der Waals surface area contributed by atoms with Crippen LogP contribution in [0.4, 0.5) is 0 Å². The van der Waals surface area contributed by atoms with Gasteiger partial charge in [-0.3, -0.25) is 0 Å². The van der Waals surface area contributed by atoms with E-state index in [1.807, 2.05) is 18.2 Å². The van der Waals surface area contributed by atoms with Crippen molar-refractivity contribution in [3.8, 4) is 0 Å². The summed E-state index contributed by atoms with van der Waals surface area (Å²) in [4.78, 5) is 0. The van der Waals surface area contributed by atoms with Gasteiger partial charge in [0.25, 0.3) is 0 Å². The van der Waals surface area contributed by atoms with Crippen LogP contribution in [0.1, 0.15) is 44.6 Å². The van der Waals surface area contributed by atoms with Gasteiger partial charge in [0, 0.05) is 0 Å². The maximum atomic E-state index is 5.83. The van der Waals surface area contributed by atoms with Crippen molar-refractivity contribution in [2.24, 2.45) is 0 Å². The number of hydrogen-bond donors (Lipinski definition) is 0. The smallest absolute Gasteiger partial charge is 0.0896 e. The zero-order chi connectivity index (χ0) is 10.9. The highest BCUT2D eigenvalue weighted by Gasteiger charge is 1.90. The highest BCUT2D eigenvalue weighted by Crippen LogP contribution is 2.05. The van der Waals surface area contributed by atoms with Crippen LogP contribution in [-0.4, -0.2) is 7.85 Å². The summed E-state index contributed by atoms with van der Waals surface area (Å²) in [6.07, 6.45) is 10.8. The highest BCUT2D eigenvalue weighted by molar-refractivity contribution is 6.34. The molecule has 0 aliphatic heterocycles. The Kier molecular flexibility index (Phi) is 5.91. The molecule has 0 heterocycles. The van der Waals surface area contributed by atoms with Crippen LogP contribution in [0.5, 0.6) is 0 Å². The largest absolute Gasteiger partial charge is 0.114 e. The van der Waals surface area contributed by atoms with Crippen molar-refractivity contribution in [2.75, 3.05) is 0 Å². The molecular formula is C14H19B. The van der Waals surface area contributed by atoms with Gasteiger partial charge >= 0.3 is 0 Å². The Hall–Kier alpha value is -0.975. The molecule has 0 fully saturated rings. The summed E-state index contributed by atoms with van der Waals surface area (Å²) in [6, 6.07) is 7.98. The summed E-state index contributed by atoms with van der Waals surface area (Å²) in [5.74, 6) is 0. The first kappa shape index (κ1) is 12.1. The van der Waals surface area contributed by atoms with Crippen molar-refractivity contribution in [3.05, 3.63) is 35.9 Å². The molecule has 0 aliphatic rings. The Morgan fingerprint density at radius 1 is 1.13 bits per heavy atom. The van der Waals surface area contributed by atoms with Crippen LogP contribution in [0.3, 0.4) is 0 Å². The predicted octanol–water partition coefficient (Wildman–Crippen LogP) is 3.46. The van der Waals surface area contributed by atoms with Gasteiger partial charge in [0.05, 0.1) is 0 Å². The second-order valence-electron chi connectivity index (χ2n) is 3.88. The van der Waals surface area contributed by atoms with E-state index >= 15 is 0 Å². The lowest BCUT2D eigenvalue weighted by Crippen LogP contribution is -2.04. The van der Waals surface area contributed by atoms with Gasteiger partial charge in [-0.25, -0.2) is 0 Å². The fraction of sp³-hybridized carbons (Fsp3) is 0.429. The standard InChI is InChI=1S/C14H19B/c1-2-3-4-5-6-7-10-13-11-8-9-12-14(13)15/h7-12H,2-6H2,1H3/b10-7-. The molecule has 1 aromatic rings. The summed E-state index contributed by atoms with van der Waals surface area (Å²) < 4.78 is 0. The van der Waals surface area contributed by atoms with E-state index in [1.54, 1.807) is 0 Å². The van der Waals surface area contributed by atoms with E-state index in [0.717, 1.165) is 17.4 Å². The van der Waals surface area contributed by atoms with Crippen LogP contribution in [0.15, 0.2) is 30.3 Å². The lowest BCUT2D eigenvalue weighted by Gasteiger charge is -1.99. The van der Waals surface area contributed by atoms with E-state index in [2.05, 4.69) is 25.1 Å². The molecule has 0 atom stereocenters. The summed E-state index contributed by atoms with van der Waals surface area (Å²) >= 11 is 0. The first-order valence-electron chi connectivity index (χ1n) is 5.85. The molecule has 78 valence electrons. The molecule has 0 amide bonds. The predicted molar refractivity (Wildman–Crippen MR) is 69.6 cm³/mol. The first-order chi connectivity index (χ1) is 7.34. The first-order valence-corrected chi connectivity index (χ1v) is 5.85. The fourth-order valence-electron chi connectivity index (χ4n) is 1.56. The second-order valence-corrected chi connectivity index (χ2v) is 3.88. The van der Waals surface area contributed by atoms with Crippen LogP contribution in [0.2, 0.25) is 0 Å². The molecule has 2 radical (unpaired) electrons. The van der Waals surface area contributed by atoms with Crippen LogP contribution >= 0.6 is 0 Å². The summed E-state index contributed by atoms with van der Waals surface area (Å²) in [5, 5.41) is 0. The lowest BCUT2D eigenvalue weighted by atomic mass is 9.90. The quantitative estimate of drug-likeness (QED) is 0.485. The Balaban J connectivity index is 2.29. The normalized spacial score (nSPS) is 11.0. The summed E-state index contributed by atoms with van der Waals surface area (Å²) in [7, 11) is 5.83. The Labute approximate surface area is 94.8 Å². The van der Waals surface area contributed by atoms with E-state index in [-0.39, 0.29) is 0 Å². The zero-order valence-corrected chi connectivity index (χ0v) is 9.58. The van der Waals surface area contributed by atoms with Crippen LogP contribution in [-0.2, 0) is 0 Å². The van der Waals surface area contributed by atoms with E-state index in [0.29, 0.717) is 0 Å². The Morgan fingerprint density at radius 3 is 2.67 bits per heavy atom. The third kappa shape index (κ3) is 4.87. The zero-order valence-electron chi connectivity index (χ0n) is 9.58. The maximum Gasteiger partial charge on any atom is 0.114 e. The molecule has 0 bridgehead atoms. The fourth-order valence-corrected chi connectivity index (χ4v) is 1.56. The van der Waals surface area contributed by atoms with Gasteiger partial charge in [0.2, 0.25) is 0 Å². The molecule has 1 heteroatoms. The molecule has 0 spiro atoms. The van der Waals surface area contributed by atoms with Gasteiger partial charge in [0.15, 0.2) is 0 Å². The number of rotatable bonds is 6. The van der Waals surface area contributed by atoms with E-state index in [9.17, 15) is 0 Å². The van der Waals surface area contributed by atoms with Gasteiger partial charge in [0.1, 0.15) is 7.85 Å². The third-order valence-electron chi connectivity index (χ3n) is 2.52. The van der Waals surface area contributed by atoms with Gasteiger partial charge in [-0.15, -0.1) is 0 Å². The monoisotopic (exact) mass is 198 g/mol. The van der Waals surface area contributed by atoms with Crippen molar-refractivity contribution < 1.29 is 0 Å². The lowest BCUT2D eigenvalue weighted by molar-refractivity contribution is 0.675. The average Bonchev–Trinajstić information content (AvgIpc) is 2.25. The highest BCUT2D eigenvalue weighted by atomic mass is 13.9. The number of benzene rings is 1. The molecule has 1 rings (SSSR count). The summed E-state index contributed by atoms with van der Waals surface area (Å²) in [6.45, 7) is 2.24. The second kappa shape index (κ2) is 7.33. The topological polar surface area (TPSA) is 0 Å². The minimum absolute atomic E-state index is 0.863. The molecule has 0 saturated heterocycles. The van der Waals surface area contributed by atoms with Crippen molar-refractivity contribution in [1.29, 1.82) is 0 Å². The van der Waals surface area contributed by atoms with Gasteiger partial charge < -0.3 is 0 Å². The Morgan fingerprint density at radius 2 is 1.93 bits per heavy atom. The molecule has 15 heavy (non-hydrogen) atoms. The van der Waals surface area contributed by atoms with Crippen LogP contribution < -0.4 is 5.46 Å². The molecule has 0 N–H and O–H groups in total. The van der Waals surface area contributed by atoms with Crippen LogP contribution in [0.25, 0.3) is 6.08 Å². The third-order valence-corrected chi connectivity index (χ3v) is 2.52. The van der Waals surface area contributed by atoms with Crippen molar-refractivity contribution in [3.63, 3.8) is 0 Å². The van der Waals surface area contributed by atoms with Gasteiger partial charge in [-0.05, 0) is 18.4 Å². The van der Waals surface area contributed by atoms with E-state index in [1.165, 1.54) is 25.7 Å². The van der Waals surface area contributed by atoms with Gasteiger partial charge in [-0.1, -0.05) is 68.1 Å². The number of hydrogen-bond acceptors (Lipinski definition) is 0. The number of unbranched alkanes of at least 4 members (excludes halogenated alkanes) is 4. The molecule has 0 aliphatic carbocycles. The van der Waals surface area contributed by atoms with Crippen LogP contribution in [0, 0.1) is 0 Å². The molecule has 0 saturated carbocycles. The minimum Gasteiger partial charge on any atom is -0.0896 e. The molecule has 1 aromatic carbocycles. The summed E-state index contributed by atoms with van der Waals surface area (Å²) in [5.41, 5.74) is 2.00.